The quantitative estimate of drug-likeness (QED) is 0.460. The second-order valence-electron chi connectivity index (χ2n) is 6.03. The number of rotatable bonds is 5. The van der Waals surface area contributed by atoms with E-state index < -0.39 is 0 Å². The maximum Gasteiger partial charge on any atom is 0.228 e. The van der Waals surface area contributed by atoms with Crippen LogP contribution in [0.25, 0.3) is 0 Å². The number of benzene rings is 3. The molecule has 0 saturated heterocycles. The van der Waals surface area contributed by atoms with Gasteiger partial charge in [0.05, 0.1) is 17.8 Å². The number of nitrogen functional groups attached to an aromatic ring is 1. The molecule has 3 aromatic rings. The zero-order chi connectivity index (χ0) is 19.4. The van der Waals surface area contributed by atoms with Crippen LogP contribution in [0.1, 0.15) is 21.5 Å². The molecule has 136 valence electrons. The normalized spacial score (nSPS) is 10.4. The lowest BCUT2D eigenvalue weighted by Gasteiger charge is -2.10. The van der Waals surface area contributed by atoms with Gasteiger partial charge in [-0.15, -0.1) is 0 Å². The van der Waals surface area contributed by atoms with E-state index in [-0.39, 0.29) is 23.9 Å². The van der Waals surface area contributed by atoms with Crippen LogP contribution in [0.2, 0.25) is 5.02 Å². The minimum Gasteiger partial charge on any atom is -0.508 e. The Labute approximate surface area is 161 Å². The van der Waals surface area contributed by atoms with Crippen LogP contribution in [-0.4, -0.2) is 16.8 Å². The lowest BCUT2D eigenvalue weighted by Crippen LogP contribution is -2.16. The Kier molecular flexibility index (Phi) is 5.43. The minimum atomic E-state index is -0.275. The highest BCUT2D eigenvalue weighted by Crippen LogP contribution is 2.23. The predicted molar refractivity (Wildman–Crippen MR) is 106 cm³/mol. The van der Waals surface area contributed by atoms with Gasteiger partial charge >= 0.3 is 0 Å². The zero-order valence-corrected chi connectivity index (χ0v) is 15.0. The Morgan fingerprint density at radius 1 is 0.926 bits per heavy atom. The third-order valence-corrected chi connectivity index (χ3v) is 4.25. The van der Waals surface area contributed by atoms with E-state index in [0.29, 0.717) is 27.5 Å². The molecule has 3 rings (SSSR count). The predicted octanol–water partition coefficient (Wildman–Crippen LogP) is 4.04. The molecule has 3 aromatic carbocycles. The molecule has 0 aliphatic carbocycles. The molecule has 0 heterocycles. The van der Waals surface area contributed by atoms with Gasteiger partial charge in [-0.3, -0.25) is 9.59 Å². The number of ketones is 1. The van der Waals surface area contributed by atoms with Crippen molar-refractivity contribution in [3.05, 3.63) is 88.4 Å². The van der Waals surface area contributed by atoms with Gasteiger partial charge < -0.3 is 16.2 Å². The third-order valence-electron chi connectivity index (χ3n) is 4.00. The zero-order valence-electron chi connectivity index (χ0n) is 14.3. The van der Waals surface area contributed by atoms with E-state index in [1.165, 1.54) is 12.1 Å². The van der Waals surface area contributed by atoms with Crippen molar-refractivity contribution in [1.29, 1.82) is 0 Å². The van der Waals surface area contributed by atoms with Crippen LogP contribution in [0.3, 0.4) is 0 Å². The van der Waals surface area contributed by atoms with Crippen molar-refractivity contribution >= 4 is 34.7 Å². The smallest absolute Gasteiger partial charge is 0.228 e. The Morgan fingerprint density at radius 3 is 2.22 bits per heavy atom. The van der Waals surface area contributed by atoms with Crippen LogP contribution in [-0.2, 0) is 11.2 Å². The molecule has 0 aromatic heterocycles. The Morgan fingerprint density at radius 2 is 1.56 bits per heavy atom. The number of carbonyl (C=O) groups excluding carboxylic acids is 2. The number of halogens is 1. The fourth-order valence-corrected chi connectivity index (χ4v) is 2.69. The summed E-state index contributed by atoms with van der Waals surface area (Å²) in [5, 5.41) is 12.6. The third kappa shape index (κ3) is 4.65. The number of carbonyl (C=O) groups is 2. The first-order valence-electron chi connectivity index (χ1n) is 8.20. The van der Waals surface area contributed by atoms with Crippen molar-refractivity contribution in [3.63, 3.8) is 0 Å². The van der Waals surface area contributed by atoms with Crippen molar-refractivity contribution in [2.75, 3.05) is 11.1 Å². The lowest BCUT2D eigenvalue weighted by atomic mass is 10.0. The van der Waals surface area contributed by atoms with Gasteiger partial charge in [-0.1, -0.05) is 23.7 Å². The van der Waals surface area contributed by atoms with Crippen molar-refractivity contribution in [3.8, 4) is 5.75 Å². The first-order valence-corrected chi connectivity index (χ1v) is 8.58. The summed E-state index contributed by atoms with van der Waals surface area (Å²) in [6.07, 6.45) is 0.120. The summed E-state index contributed by atoms with van der Waals surface area (Å²) in [5.41, 5.74) is 8.32. The number of nitrogens with one attached hydrogen (secondary N) is 1. The molecule has 0 saturated carbocycles. The number of hydrogen-bond acceptors (Lipinski definition) is 4. The topological polar surface area (TPSA) is 92.4 Å². The molecule has 0 atom stereocenters. The van der Waals surface area contributed by atoms with Gasteiger partial charge in [0.2, 0.25) is 5.91 Å². The Hall–Kier alpha value is -3.31. The maximum absolute atomic E-state index is 12.6. The molecule has 1 amide bonds. The summed E-state index contributed by atoms with van der Waals surface area (Å²) < 4.78 is 0. The van der Waals surface area contributed by atoms with Crippen LogP contribution >= 0.6 is 11.6 Å². The minimum absolute atomic E-state index is 0.120. The largest absolute Gasteiger partial charge is 0.508 e. The fourth-order valence-electron chi connectivity index (χ4n) is 2.57. The molecular formula is C21H17ClN2O3. The summed E-state index contributed by atoms with van der Waals surface area (Å²) in [4.78, 5) is 24.9. The molecule has 0 fully saturated rings. The van der Waals surface area contributed by atoms with E-state index >= 15 is 0 Å². The maximum atomic E-state index is 12.6. The Balaban J connectivity index is 1.76. The Bertz CT molecular complexity index is 983. The summed E-state index contributed by atoms with van der Waals surface area (Å²) in [5.74, 6) is -0.332. The SMILES string of the molecule is Nc1ccc(C(=O)c2ccc(Cl)cc2)cc1NC(=O)Cc1ccc(O)cc1. The number of anilines is 2. The molecule has 0 aliphatic heterocycles. The van der Waals surface area contributed by atoms with Crippen molar-refractivity contribution in [1.82, 2.24) is 0 Å². The average molecular weight is 381 g/mol. The number of phenols is 1. The molecular weight excluding hydrogens is 364 g/mol. The van der Waals surface area contributed by atoms with Gasteiger partial charge in [0.25, 0.3) is 0 Å². The molecule has 0 radical (unpaired) electrons. The van der Waals surface area contributed by atoms with Gasteiger partial charge in [0.15, 0.2) is 5.78 Å². The summed E-state index contributed by atoms with van der Waals surface area (Å²) >= 11 is 5.85. The van der Waals surface area contributed by atoms with Gasteiger partial charge in [0.1, 0.15) is 5.75 Å². The van der Waals surface area contributed by atoms with Gasteiger partial charge in [0, 0.05) is 16.1 Å². The molecule has 27 heavy (non-hydrogen) atoms. The molecule has 4 N–H and O–H groups in total. The second-order valence-corrected chi connectivity index (χ2v) is 6.47. The number of amides is 1. The van der Waals surface area contributed by atoms with E-state index in [4.69, 9.17) is 17.3 Å². The molecule has 5 nitrogen and oxygen atoms in total. The molecule has 0 spiro atoms. The highest BCUT2D eigenvalue weighted by molar-refractivity contribution is 6.30. The van der Waals surface area contributed by atoms with Gasteiger partial charge in [-0.2, -0.15) is 0 Å². The summed E-state index contributed by atoms with van der Waals surface area (Å²) in [7, 11) is 0. The molecule has 6 heteroatoms. The first-order chi connectivity index (χ1) is 12.9. The average Bonchev–Trinajstić information content (AvgIpc) is 2.65. The number of nitrogens with two attached hydrogens (primary N) is 1. The van der Waals surface area contributed by atoms with Crippen LogP contribution in [0.15, 0.2) is 66.7 Å². The second kappa shape index (κ2) is 7.93. The fraction of sp³-hybridized carbons (Fsp3) is 0.0476. The van der Waals surface area contributed by atoms with E-state index in [0.717, 1.165) is 5.56 Å². The lowest BCUT2D eigenvalue weighted by molar-refractivity contribution is -0.115. The number of hydrogen-bond donors (Lipinski definition) is 3. The van der Waals surface area contributed by atoms with Crippen molar-refractivity contribution in [2.24, 2.45) is 0 Å². The first kappa shape index (κ1) is 18.5. The molecule has 0 aliphatic rings. The van der Waals surface area contributed by atoms with E-state index in [1.54, 1.807) is 54.6 Å². The van der Waals surface area contributed by atoms with Crippen LogP contribution in [0, 0.1) is 0 Å². The van der Waals surface area contributed by atoms with Crippen LogP contribution in [0.4, 0.5) is 11.4 Å². The molecule has 0 unspecified atom stereocenters. The standard InChI is InChI=1S/C21H17ClN2O3/c22-16-6-3-14(4-7-16)21(27)15-5-10-18(23)19(12-15)24-20(26)11-13-1-8-17(25)9-2-13/h1-10,12,25H,11,23H2,(H,24,26). The van der Waals surface area contributed by atoms with E-state index in [1.807, 2.05) is 0 Å². The summed E-state index contributed by atoms with van der Waals surface area (Å²) in [6.45, 7) is 0. The van der Waals surface area contributed by atoms with Crippen LogP contribution in [0.5, 0.6) is 5.75 Å². The summed E-state index contributed by atoms with van der Waals surface area (Å²) in [6, 6.07) is 17.7. The van der Waals surface area contributed by atoms with Gasteiger partial charge in [-0.05, 0) is 60.2 Å². The van der Waals surface area contributed by atoms with Crippen molar-refractivity contribution in [2.45, 2.75) is 6.42 Å². The number of aromatic hydroxyl groups is 1. The van der Waals surface area contributed by atoms with Crippen LogP contribution < -0.4 is 11.1 Å². The number of phenolic OH excluding ortho intramolecular Hbond substituents is 1. The molecule has 0 bridgehead atoms. The van der Waals surface area contributed by atoms with Gasteiger partial charge in [-0.25, -0.2) is 0 Å². The van der Waals surface area contributed by atoms with Crippen molar-refractivity contribution < 1.29 is 14.7 Å². The monoisotopic (exact) mass is 380 g/mol. The highest BCUT2D eigenvalue weighted by Gasteiger charge is 2.13. The highest BCUT2D eigenvalue weighted by atomic mass is 35.5. The van der Waals surface area contributed by atoms with E-state index in [2.05, 4.69) is 5.32 Å². The van der Waals surface area contributed by atoms with E-state index in [9.17, 15) is 14.7 Å².